The molecule has 0 radical (unpaired) electrons. The molecule has 1 atom stereocenters. The molecule has 0 spiro atoms. The largest absolute Gasteiger partial charge is 0.371 e. The molecule has 0 aromatic heterocycles. The van der Waals surface area contributed by atoms with Crippen molar-refractivity contribution in [3.63, 3.8) is 0 Å². The van der Waals surface area contributed by atoms with Crippen LogP contribution in [0.15, 0.2) is 72.8 Å². The molecule has 3 aromatic rings. The molecule has 0 bridgehead atoms. The van der Waals surface area contributed by atoms with E-state index < -0.39 is 0 Å². The maximum absolute atomic E-state index is 12.6. The Morgan fingerprint density at radius 2 is 1.78 bits per heavy atom. The second-order valence-corrected chi connectivity index (χ2v) is 6.85. The van der Waals surface area contributed by atoms with E-state index in [1.54, 1.807) is 0 Å². The first-order valence-electron chi connectivity index (χ1n) is 9.46. The molecular formula is C23H24N2O2. The van der Waals surface area contributed by atoms with Crippen LogP contribution in [-0.4, -0.2) is 43.6 Å². The van der Waals surface area contributed by atoms with Crippen molar-refractivity contribution in [3.8, 4) is 0 Å². The van der Waals surface area contributed by atoms with Gasteiger partial charge in [0.2, 0.25) is 0 Å². The summed E-state index contributed by atoms with van der Waals surface area (Å²) >= 11 is 0. The third-order valence-corrected chi connectivity index (χ3v) is 5.07. The summed E-state index contributed by atoms with van der Waals surface area (Å²) in [5.74, 6) is -0.0142. The SMILES string of the molecule is O=C(NCCN1CCOC(c2ccccc2)C1)c1cccc2ccccc12. The number of nitrogens with one attached hydrogen (secondary N) is 1. The van der Waals surface area contributed by atoms with Crippen LogP contribution in [0.3, 0.4) is 0 Å². The summed E-state index contributed by atoms with van der Waals surface area (Å²) in [5, 5.41) is 5.15. The number of morpholine rings is 1. The Kier molecular flexibility index (Phi) is 5.47. The van der Waals surface area contributed by atoms with Crippen LogP contribution in [0.2, 0.25) is 0 Å². The van der Waals surface area contributed by atoms with Crippen LogP contribution >= 0.6 is 0 Å². The molecule has 1 amide bonds. The molecule has 0 aliphatic carbocycles. The summed E-state index contributed by atoms with van der Waals surface area (Å²) in [6.45, 7) is 3.92. The number of nitrogens with zero attached hydrogens (tertiary/aromatic N) is 1. The molecule has 1 unspecified atom stereocenters. The Hall–Kier alpha value is -2.69. The molecule has 138 valence electrons. The highest BCUT2D eigenvalue weighted by Gasteiger charge is 2.21. The lowest BCUT2D eigenvalue weighted by atomic mass is 10.0. The molecule has 4 heteroatoms. The molecule has 0 saturated carbocycles. The standard InChI is InChI=1S/C23H24N2O2/c26-23(21-12-6-10-18-7-4-5-11-20(18)21)24-13-14-25-15-16-27-22(17-25)19-8-2-1-3-9-19/h1-12,22H,13-17H2,(H,24,26). The summed E-state index contributed by atoms with van der Waals surface area (Å²) in [6, 6.07) is 24.2. The molecule has 1 fully saturated rings. The molecule has 4 rings (SSSR count). The van der Waals surface area contributed by atoms with Gasteiger partial charge in [0.05, 0.1) is 12.7 Å². The van der Waals surface area contributed by atoms with Crippen LogP contribution in [-0.2, 0) is 4.74 Å². The van der Waals surface area contributed by atoms with Gasteiger partial charge in [-0.15, -0.1) is 0 Å². The number of rotatable bonds is 5. The topological polar surface area (TPSA) is 41.6 Å². The molecule has 27 heavy (non-hydrogen) atoms. The zero-order valence-electron chi connectivity index (χ0n) is 15.3. The molecule has 1 heterocycles. The maximum Gasteiger partial charge on any atom is 0.251 e. The highest BCUT2D eigenvalue weighted by Crippen LogP contribution is 2.21. The van der Waals surface area contributed by atoms with Crippen molar-refractivity contribution in [3.05, 3.63) is 83.9 Å². The molecule has 1 aliphatic rings. The van der Waals surface area contributed by atoms with Gasteiger partial charge in [-0.25, -0.2) is 0 Å². The van der Waals surface area contributed by atoms with Gasteiger partial charge >= 0.3 is 0 Å². The quantitative estimate of drug-likeness (QED) is 0.755. The number of hydrogen-bond acceptors (Lipinski definition) is 3. The lowest BCUT2D eigenvalue weighted by Gasteiger charge is -2.33. The zero-order chi connectivity index (χ0) is 18.5. The van der Waals surface area contributed by atoms with E-state index in [0.29, 0.717) is 6.54 Å². The fourth-order valence-corrected chi connectivity index (χ4v) is 3.62. The number of hydrogen-bond donors (Lipinski definition) is 1. The number of carbonyl (C=O) groups excluding carboxylic acids is 1. The Labute approximate surface area is 159 Å². The third kappa shape index (κ3) is 4.18. The number of carbonyl (C=O) groups is 1. The maximum atomic E-state index is 12.6. The predicted molar refractivity (Wildman–Crippen MR) is 108 cm³/mol. The Morgan fingerprint density at radius 3 is 2.67 bits per heavy atom. The summed E-state index contributed by atoms with van der Waals surface area (Å²) < 4.78 is 5.91. The fourth-order valence-electron chi connectivity index (χ4n) is 3.62. The Balaban J connectivity index is 1.33. The van der Waals surface area contributed by atoms with Gasteiger partial charge in [0.25, 0.3) is 5.91 Å². The van der Waals surface area contributed by atoms with Crippen LogP contribution in [0.4, 0.5) is 0 Å². The average molecular weight is 360 g/mol. The molecule has 4 nitrogen and oxygen atoms in total. The van der Waals surface area contributed by atoms with Gasteiger partial charge < -0.3 is 10.1 Å². The van der Waals surface area contributed by atoms with E-state index in [0.717, 1.165) is 42.6 Å². The molecule has 3 aromatic carbocycles. The van der Waals surface area contributed by atoms with Gasteiger partial charge in [0.1, 0.15) is 0 Å². The molecule has 1 N–H and O–H groups in total. The van der Waals surface area contributed by atoms with E-state index in [9.17, 15) is 4.79 Å². The van der Waals surface area contributed by atoms with Crippen molar-refractivity contribution in [1.29, 1.82) is 0 Å². The summed E-state index contributed by atoms with van der Waals surface area (Å²) in [7, 11) is 0. The second kappa shape index (κ2) is 8.33. The lowest BCUT2D eigenvalue weighted by molar-refractivity contribution is -0.0293. The van der Waals surface area contributed by atoms with Crippen LogP contribution < -0.4 is 5.32 Å². The van der Waals surface area contributed by atoms with Gasteiger partial charge in [0.15, 0.2) is 0 Å². The van der Waals surface area contributed by atoms with E-state index in [1.807, 2.05) is 60.7 Å². The number of ether oxygens (including phenoxy) is 1. The normalized spacial score (nSPS) is 17.7. The first-order chi connectivity index (χ1) is 13.3. The van der Waals surface area contributed by atoms with Gasteiger partial charge in [-0.3, -0.25) is 9.69 Å². The molecule has 1 saturated heterocycles. The van der Waals surface area contributed by atoms with E-state index >= 15 is 0 Å². The number of fused-ring (bicyclic) bond motifs is 1. The Morgan fingerprint density at radius 1 is 1.00 bits per heavy atom. The summed E-state index contributed by atoms with van der Waals surface area (Å²) in [4.78, 5) is 15.0. The molecule has 1 aliphatic heterocycles. The summed E-state index contributed by atoms with van der Waals surface area (Å²) in [5.41, 5.74) is 1.94. The third-order valence-electron chi connectivity index (χ3n) is 5.07. The fraction of sp³-hybridized carbons (Fsp3) is 0.261. The summed E-state index contributed by atoms with van der Waals surface area (Å²) in [6.07, 6.45) is 0.105. The van der Waals surface area contributed by atoms with Crippen molar-refractivity contribution < 1.29 is 9.53 Å². The van der Waals surface area contributed by atoms with E-state index in [2.05, 4.69) is 22.3 Å². The smallest absolute Gasteiger partial charge is 0.251 e. The number of amides is 1. The first kappa shape index (κ1) is 17.7. The molecular weight excluding hydrogens is 336 g/mol. The van der Waals surface area contributed by atoms with Gasteiger partial charge in [-0.05, 0) is 22.4 Å². The van der Waals surface area contributed by atoms with Gasteiger partial charge in [-0.1, -0.05) is 66.7 Å². The van der Waals surface area contributed by atoms with E-state index in [4.69, 9.17) is 4.74 Å². The van der Waals surface area contributed by atoms with Gasteiger partial charge in [-0.2, -0.15) is 0 Å². The minimum absolute atomic E-state index is 0.0142. The highest BCUT2D eigenvalue weighted by molar-refractivity contribution is 6.06. The van der Waals surface area contributed by atoms with Crippen molar-refractivity contribution in [2.45, 2.75) is 6.10 Å². The Bertz CT molecular complexity index is 905. The second-order valence-electron chi connectivity index (χ2n) is 6.85. The number of benzene rings is 3. The van der Waals surface area contributed by atoms with Crippen LogP contribution in [0.25, 0.3) is 10.8 Å². The van der Waals surface area contributed by atoms with Crippen LogP contribution in [0.1, 0.15) is 22.0 Å². The van der Waals surface area contributed by atoms with E-state index in [1.165, 1.54) is 5.56 Å². The van der Waals surface area contributed by atoms with Crippen molar-refractivity contribution in [2.24, 2.45) is 0 Å². The average Bonchev–Trinajstić information content (AvgIpc) is 2.74. The lowest BCUT2D eigenvalue weighted by Crippen LogP contribution is -2.42. The van der Waals surface area contributed by atoms with Crippen LogP contribution in [0.5, 0.6) is 0 Å². The minimum Gasteiger partial charge on any atom is -0.371 e. The van der Waals surface area contributed by atoms with Crippen molar-refractivity contribution in [2.75, 3.05) is 32.8 Å². The first-order valence-corrected chi connectivity index (χ1v) is 9.46. The predicted octanol–water partition coefficient (Wildman–Crippen LogP) is 3.64. The van der Waals surface area contributed by atoms with Crippen LogP contribution in [0, 0.1) is 0 Å². The van der Waals surface area contributed by atoms with Gasteiger partial charge in [0, 0.05) is 31.7 Å². The van der Waals surface area contributed by atoms with Crippen molar-refractivity contribution >= 4 is 16.7 Å². The van der Waals surface area contributed by atoms with E-state index in [-0.39, 0.29) is 12.0 Å². The monoisotopic (exact) mass is 360 g/mol. The van der Waals surface area contributed by atoms with Crippen molar-refractivity contribution in [1.82, 2.24) is 10.2 Å². The highest BCUT2D eigenvalue weighted by atomic mass is 16.5. The zero-order valence-corrected chi connectivity index (χ0v) is 15.3. The minimum atomic E-state index is -0.0142.